The van der Waals surface area contributed by atoms with Gasteiger partial charge in [0.2, 0.25) is 5.75 Å². The summed E-state index contributed by atoms with van der Waals surface area (Å²) >= 11 is 6.38. The van der Waals surface area contributed by atoms with Crippen molar-refractivity contribution in [3.63, 3.8) is 0 Å². The number of amides is 2. The van der Waals surface area contributed by atoms with Crippen LogP contribution >= 0.6 is 23.4 Å². The van der Waals surface area contributed by atoms with E-state index in [2.05, 4.69) is 5.92 Å². The zero-order valence-electron chi connectivity index (χ0n) is 10.8. The molecule has 0 aromatic heterocycles. The van der Waals surface area contributed by atoms with Gasteiger partial charge in [0.25, 0.3) is 11.1 Å². The average Bonchev–Trinajstić information content (AvgIpc) is 2.70. The number of aromatic hydroxyl groups is 1. The number of nitro groups is 1. The normalized spacial score (nSPS) is 16.2. The van der Waals surface area contributed by atoms with Crippen molar-refractivity contribution in [3.8, 4) is 18.1 Å². The number of phenolic OH excluding ortho intramolecular Hbond substituents is 1. The van der Waals surface area contributed by atoms with Crippen molar-refractivity contribution in [2.45, 2.75) is 0 Å². The molecule has 1 aromatic carbocycles. The van der Waals surface area contributed by atoms with Crippen molar-refractivity contribution < 1.29 is 19.6 Å². The SMILES string of the molecule is C#CCN1C(=O)S/C(=C/c2cc(Cl)cc([N+](=O)[O-])c2O)C1=O. The first-order valence-electron chi connectivity index (χ1n) is 5.71. The standard InChI is InChI=1S/C13H7ClN2O5S/c1-2-3-15-12(18)10(22-13(15)19)5-7-4-8(14)6-9(11(7)17)16(20)21/h1,4-6,17H,3H2/b10-5+. The number of phenols is 1. The molecule has 1 heterocycles. The molecule has 0 unspecified atom stereocenters. The van der Waals surface area contributed by atoms with Crippen molar-refractivity contribution in [2.24, 2.45) is 0 Å². The van der Waals surface area contributed by atoms with Crippen LogP contribution in [0.4, 0.5) is 10.5 Å². The number of nitro benzene ring substituents is 1. The summed E-state index contributed by atoms with van der Waals surface area (Å²) in [6.45, 7) is -0.177. The van der Waals surface area contributed by atoms with Crippen molar-refractivity contribution in [1.29, 1.82) is 0 Å². The second kappa shape index (κ2) is 6.09. The number of carbonyl (C=O) groups is 2. The molecule has 0 saturated carbocycles. The number of halogens is 1. The van der Waals surface area contributed by atoms with E-state index in [9.17, 15) is 24.8 Å². The van der Waals surface area contributed by atoms with Gasteiger partial charge in [0.15, 0.2) is 0 Å². The molecule has 2 amide bonds. The average molecular weight is 339 g/mol. The molecular formula is C13H7ClN2O5S. The van der Waals surface area contributed by atoms with Crippen LogP contribution in [-0.4, -0.2) is 32.6 Å². The van der Waals surface area contributed by atoms with Crippen molar-refractivity contribution in [2.75, 3.05) is 6.54 Å². The first-order valence-corrected chi connectivity index (χ1v) is 6.90. The van der Waals surface area contributed by atoms with E-state index in [1.165, 1.54) is 6.07 Å². The van der Waals surface area contributed by atoms with Gasteiger partial charge in [-0.15, -0.1) is 6.42 Å². The molecule has 1 fully saturated rings. The molecule has 2 rings (SSSR count). The fourth-order valence-corrected chi connectivity index (χ4v) is 2.77. The molecule has 112 valence electrons. The molecule has 1 N–H and O–H groups in total. The molecule has 1 aromatic rings. The molecule has 7 nitrogen and oxygen atoms in total. The molecule has 0 atom stereocenters. The lowest BCUT2D eigenvalue weighted by Gasteiger charge is -2.06. The summed E-state index contributed by atoms with van der Waals surface area (Å²) in [7, 11) is 0. The van der Waals surface area contributed by atoms with Gasteiger partial charge in [-0.05, 0) is 23.9 Å². The Balaban J connectivity index is 2.47. The van der Waals surface area contributed by atoms with Gasteiger partial charge in [0, 0.05) is 16.7 Å². The minimum Gasteiger partial charge on any atom is -0.502 e. The number of terminal acetylenes is 1. The van der Waals surface area contributed by atoms with E-state index >= 15 is 0 Å². The first kappa shape index (κ1) is 15.9. The second-order valence-electron chi connectivity index (χ2n) is 4.09. The van der Waals surface area contributed by atoms with E-state index in [0.29, 0.717) is 11.8 Å². The minimum atomic E-state index is -0.803. The first-order chi connectivity index (χ1) is 10.3. The lowest BCUT2D eigenvalue weighted by molar-refractivity contribution is -0.385. The molecule has 1 aliphatic rings. The van der Waals surface area contributed by atoms with Gasteiger partial charge in [0.1, 0.15) is 0 Å². The summed E-state index contributed by atoms with van der Waals surface area (Å²) in [5.41, 5.74) is -0.632. The number of nitrogens with zero attached hydrogens (tertiary/aromatic N) is 2. The Labute approximate surface area is 133 Å². The van der Waals surface area contributed by atoms with Crippen LogP contribution in [0.3, 0.4) is 0 Å². The van der Waals surface area contributed by atoms with Crippen LogP contribution < -0.4 is 0 Å². The van der Waals surface area contributed by atoms with E-state index in [1.807, 2.05) is 0 Å². The van der Waals surface area contributed by atoms with Crippen LogP contribution in [-0.2, 0) is 4.79 Å². The summed E-state index contributed by atoms with van der Waals surface area (Å²) in [6, 6.07) is 2.23. The van der Waals surface area contributed by atoms with E-state index in [-0.39, 0.29) is 22.0 Å². The van der Waals surface area contributed by atoms with Crippen LogP contribution in [0, 0.1) is 22.5 Å². The zero-order chi connectivity index (χ0) is 16.4. The Kier molecular flexibility index (Phi) is 4.40. The molecule has 0 spiro atoms. The number of carbonyl (C=O) groups excluding carboxylic acids is 2. The highest BCUT2D eigenvalue weighted by molar-refractivity contribution is 8.18. The summed E-state index contributed by atoms with van der Waals surface area (Å²) in [4.78, 5) is 34.5. The Bertz CT molecular complexity index is 768. The summed E-state index contributed by atoms with van der Waals surface area (Å²) in [5.74, 6) is 0.913. The Morgan fingerprint density at radius 3 is 2.77 bits per heavy atom. The molecule has 22 heavy (non-hydrogen) atoms. The predicted octanol–water partition coefficient (Wildman–Crippen LogP) is 2.62. The summed E-state index contributed by atoms with van der Waals surface area (Å²) in [5, 5.41) is 20.2. The highest BCUT2D eigenvalue weighted by Crippen LogP contribution is 2.38. The summed E-state index contributed by atoms with van der Waals surface area (Å²) < 4.78 is 0. The van der Waals surface area contributed by atoms with Crippen molar-refractivity contribution in [3.05, 3.63) is 37.7 Å². The third kappa shape index (κ3) is 2.90. The Hall–Kier alpha value is -2.50. The molecule has 0 radical (unpaired) electrons. The van der Waals surface area contributed by atoms with Crippen molar-refractivity contribution in [1.82, 2.24) is 4.90 Å². The van der Waals surface area contributed by atoms with Gasteiger partial charge in [0.05, 0.1) is 16.4 Å². The number of imide groups is 1. The van der Waals surface area contributed by atoms with Gasteiger partial charge in [-0.1, -0.05) is 17.5 Å². The number of thioether (sulfide) groups is 1. The highest BCUT2D eigenvalue weighted by Gasteiger charge is 2.34. The maximum Gasteiger partial charge on any atom is 0.312 e. The lowest BCUT2D eigenvalue weighted by atomic mass is 10.1. The Morgan fingerprint density at radius 1 is 1.50 bits per heavy atom. The van der Waals surface area contributed by atoms with Crippen LogP contribution in [0.5, 0.6) is 5.75 Å². The van der Waals surface area contributed by atoms with E-state index in [0.717, 1.165) is 17.0 Å². The van der Waals surface area contributed by atoms with Gasteiger partial charge >= 0.3 is 5.69 Å². The third-order valence-electron chi connectivity index (χ3n) is 2.69. The maximum absolute atomic E-state index is 12.0. The zero-order valence-corrected chi connectivity index (χ0v) is 12.3. The largest absolute Gasteiger partial charge is 0.502 e. The second-order valence-corrected chi connectivity index (χ2v) is 5.52. The predicted molar refractivity (Wildman–Crippen MR) is 81.3 cm³/mol. The highest BCUT2D eigenvalue weighted by atomic mass is 35.5. The summed E-state index contributed by atoms with van der Waals surface area (Å²) in [6.07, 6.45) is 6.23. The van der Waals surface area contributed by atoms with Crippen LogP contribution in [0.15, 0.2) is 17.0 Å². The molecule has 1 saturated heterocycles. The monoisotopic (exact) mass is 338 g/mol. The van der Waals surface area contributed by atoms with Crippen molar-refractivity contribution >= 4 is 46.3 Å². The maximum atomic E-state index is 12.0. The van der Waals surface area contributed by atoms with Crippen LogP contribution in [0.25, 0.3) is 6.08 Å². The number of benzene rings is 1. The smallest absolute Gasteiger partial charge is 0.312 e. The lowest BCUT2D eigenvalue weighted by Crippen LogP contribution is -2.28. The van der Waals surface area contributed by atoms with Gasteiger partial charge < -0.3 is 5.11 Å². The minimum absolute atomic E-state index is 0.00730. The van der Waals surface area contributed by atoms with Gasteiger partial charge in [-0.25, -0.2) is 0 Å². The topological polar surface area (TPSA) is 101 Å². The van der Waals surface area contributed by atoms with E-state index in [1.54, 1.807) is 0 Å². The molecule has 9 heteroatoms. The number of rotatable bonds is 3. The van der Waals surface area contributed by atoms with Crippen LogP contribution in [0.2, 0.25) is 5.02 Å². The Morgan fingerprint density at radius 2 is 2.18 bits per heavy atom. The third-order valence-corrected chi connectivity index (χ3v) is 3.82. The van der Waals surface area contributed by atoms with E-state index < -0.39 is 27.5 Å². The van der Waals surface area contributed by atoms with Crippen LogP contribution in [0.1, 0.15) is 5.56 Å². The number of hydrogen-bond acceptors (Lipinski definition) is 6. The van der Waals surface area contributed by atoms with E-state index in [4.69, 9.17) is 18.0 Å². The molecular weight excluding hydrogens is 332 g/mol. The molecule has 1 aliphatic heterocycles. The van der Waals surface area contributed by atoms with Gasteiger partial charge in [-0.3, -0.25) is 24.6 Å². The molecule has 0 bridgehead atoms. The quantitative estimate of drug-likeness (QED) is 0.393. The van der Waals surface area contributed by atoms with Gasteiger partial charge in [-0.2, -0.15) is 0 Å². The fraction of sp³-hybridized carbons (Fsp3) is 0.0769. The number of hydrogen-bond donors (Lipinski definition) is 1. The molecule has 0 aliphatic carbocycles. The fourth-order valence-electron chi connectivity index (χ4n) is 1.72.